The van der Waals surface area contributed by atoms with E-state index in [9.17, 15) is 24.3 Å². The molecule has 0 fully saturated rings. The number of aliphatic hydroxyl groups is 1. The second-order valence-corrected chi connectivity index (χ2v) is 13.1. The van der Waals surface area contributed by atoms with E-state index in [1.54, 1.807) is 23.0 Å². The van der Waals surface area contributed by atoms with E-state index in [0.29, 0.717) is 28.6 Å². The van der Waals surface area contributed by atoms with Crippen molar-refractivity contribution in [3.8, 4) is 5.75 Å². The maximum Gasteiger partial charge on any atom is 0.271 e. The molecule has 2 aromatic heterocycles. The molecule has 2 aromatic carbocycles. The Hall–Kier alpha value is -5.15. The molecule has 1 aliphatic heterocycles. The third kappa shape index (κ3) is 9.06. The van der Waals surface area contributed by atoms with Crippen molar-refractivity contribution in [2.75, 3.05) is 6.61 Å². The lowest BCUT2D eigenvalue weighted by molar-refractivity contribution is -0.131. The number of carbonyl (C=O) groups excluding carboxylic acids is 4. The number of ether oxygens (including phenoxy) is 1. The zero-order chi connectivity index (χ0) is 35.1. The highest BCUT2D eigenvalue weighted by Gasteiger charge is 2.32. The lowest BCUT2D eigenvalue weighted by atomic mass is 10.0. The van der Waals surface area contributed by atoms with E-state index >= 15 is 0 Å². The summed E-state index contributed by atoms with van der Waals surface area (Å²) in [7, 11) is 0. The van der Waals surface area contributed by atoms with Crippen molar-refractivity contribution in [3.63, 3.8) is 0 Å². The molecular formula is C34H40N8O6S. The van der Waals surface area contributed by atoms with E-state index in [1.807, 2.05) is 57.2 Å². The molecule has 4 bridgehead atoms. The number of nitrogens with zero attached hydrogens (tertiary/aromatic N) is 4. The van der Waals surface area contributed by atoms with Gasteiger partial charge in [-0.15, -0.1) is 16.4 Å². The van der Waals surface area contributed by atoms with Gasteiger partial charge in [-0.2, -0.15) is 0 Å². The molecule has 3 heterocycles. The highest BCUT2D eigenvalue weighted by atomic mass is 32.1. The zero-order valence-corrected chi connectivity index (χ0v) is 28.5. The summed E-state index contributed by atoms with van der Waals surface area (Å²) in [4.78, 5) is 58.5. The molecule has 0 radical (unpaired) electrons. The van der Waals surface area contributed by atoms with E-state index in [0.717, 1.165) is 11.1 Å². The van der Waals surface area contributed by atoms with E-state index in [4.69, 9.17) is 4.74 Å². The Balaban J connectivity index is 1.46. The van der Waals surface area contributed by atoms with Gasteiger partial charge in [-0.05, 0) is 37.5 Å². The largest absolute Gasteiger partial charge is 0.491 e. The van der Waals surface area contributed by atoms with Gasteiger partial charge in [0.15, 0.2) is 0 Å². The molecule has 0 saturated heterocycles. The first-order valence-electron chi connectivity index (χ1n) is 16.0. The molecule has 5 N–H and O–H groups in total. The van der Waals surface area contributed by atoms with Crippen LogP contribution in [-0.2, 0) is 29.1 Å². The number of hydrogen-bond donors (Lipinski definition) is 5. The Labute approximate surface area is 287 Å². The molecule has 4 aromatic rings. The summed E-state index contributed by atoms with van der Waals surface area (Å²) < 4.78 is 7.59. The third-order valence-electron chi connectivity index (χ3n) is 7.93. The molecule has 258 valence electrons. The van der Waals surface area contributed by atoms with Crippen molar-refractivity contribution in [1.29, 1.82) is 0 Å². The van der Waals surface area contributed by atoms with Gasteiger partial charge in [0, 0.05) is 11.8 Å². The quantitative estimate of drug-likeness (QED) is 0.214. The average molecular weight is 689 g/mol. The second-order valence-electron chi connectivity index (χ2n) is 12.2. The van der Waals surface area contributed by atoms with Crippen LogP contribution in [0.1, 0.15) is 69.5 Å². The fourth-order valence-electron chi connectivity index (χ4n) is 5.23. The minimum absolute atomic E-state index is 0.0161. The molecule has 4 atom stereocenters. The Bertz CT molecular complexity index is 1790. The van der Waals surface area contributed by atoms with Crippen LogP contribution in [0.25, 0.3) is 0 Å². The number of aliphatic hydroxyl groups excluding tert-OH is 1. The number of thiazole rings is 1. The van der Waals surface area contributed by atoms with Crippen molar-refractivity contribution < 1.29 is 29.0 Å². The maximum atomic E-state index is 13.6. The maximum absolute atomic E-state index is 13.6. The van der Waals surface area contributed by atoms with Crippen LogP contribution < -0.4 is 26.0 Å². The van der Waals surface area contributed by atoms with Crippen LogP contribution in [-0.4, -0.2) is 73.5 Å². The Morgan fingerprint density at radius 1 is 0.980 bits per heavy atom. The molecule has 14 nitrogen and oxygen atoms in total. The predicted octanol–water partition coefficient (Wildman–Crippen LogP) is 2.09. The third-order valence-corrected chi connectivity index (χ3v) is 8.86. The predicted molar refractivity (Wildman–Crippen MR) is 181 cm³/mol. The molecule has 5 rings (SSSR count). The number of nitrogens with one attached hydrogen (secondary N) is 4. The Kier molecular flexibility index (Phi) is 11.4. The van der Waals surface area contributed by atoms with Crippen LogP contribution in [0.15, 0.2) is 60.1 Å². The number of fused-ring (bicyclic) bond motifs is 5. The average Bonchev–Trinajstić information content (AvgIpc) is 3.75. The first-order valence-corrected chi connectivity index (χ1v) is 16.9. The fourth-order valence-corrected chi connectivity index (χ4v) is 6.26. The molecule has 0 aliphatic carbocycles. The second kappa shape index (κ2) is 15.8. The summed E-state index contributed by atoms with van der Waals surface area (Å²) in [6.07, 6.45) is 0.517. The number of aryl methyl sites for hydroxylation is 1. The van der Waals surface area contributed by atoms with Gasteiger partial charge >= 0.3 is 0 Å². The van der Waals surface area contributed by atoms with E-state index in [2.05, 4.69) is 36.6 Å². The van der Waals surface area contributed by atoms with Gasteiger partial charge in [0.1, 0.15) is 40.8 Å². The van der Waals surface area contributed by atoms with Gasteiger partial charge in [0.2, 0.25) is 11.8 Å². The molecule has 0 spiro atoms. The Morgan fingerprint density at radius 2 is 1.73 bits per heavy atom. The number of benzene rings is 2. The number of hydrogen-bond acceptors (Lipinski definition) is 10. The number of amides is 4. The van der Waals surface area contributed by atoms with Crippen LogP contribution in [0.5, 0.6) is 5.75 Å². The molecule has 4 amide bonds. The van der Waals surface area contributed by atoms with E-state index in [-0.39, 0.29) is 37.1 Å². The lowest BCUT2D eigenvalue weighted by Crippen LogP contribution is -2.57. The van der Waals surface area contributed by atoms with Crippen LogP contribution in [0.3, 0.4) is 0 Å². The number of aromatic nitrogens is 4. The van der Waals surface area contributed by atoms with Crippen molar-refractivity contribution in [3.05, 3.63) is 93.2 Å². The van der Waals surface area contributed by atoms with Gasteiger partial charge in [0.25, 0.3) is 11.8 Å². The zero-order valence-electron chi connectivity index (χ0n) is 27.7. The molecule has 15 heteroatoms. The topological polar surface area (TPSA) is 189 Å². The monoisotopic (exact) mass is 688 g/mol. The summed E-state index contributed by atoms with van der Waals surface area (Å²) in [5.41, 5.74) is 2.50. The summed E-state index contributed by atoms with van der Waals surface area (Å²) >= 11 is 1.19. The SMILES string of the molecule is Cc1ccc2c(c1)C(=O)N[C@@H](C(C)C)c1nc(cs1)C(=O)N[C@@H]([C@@H](C)O)C(=O)N[C@H](Cc1ccccc1)C(=O)NCc1cn(nn1)CCO2. The van der Waals surface area contributed by atoms with Crippen molar-refractivity contribution in [2.24, 2.45) is 5.92 Å². The number of carbonyl (C=O) groups is 4. The van der Waals surface area contributed by atoms with Gasteiger partial charge in [0.05, 0.1) is 37.0 Å². The van der Waals surface area contributed by atoms with E-state index in [1.165, 1.54) is 23.6 Å². The fraction of sp³-hybridized carbons (Fsp3) is 0.382. The minimum atomic E-state index is -1.40. The van der Waals surface area contributed by atoms with Gasteiger partial charge in [-0.1, -0.05) is 61.0 Å². The van der Waals surface area contributed by atoms with Crippen LogP contribution >= 0.6 is 11.3 Å². The highest BCUT2D eigenvalue weighted by molar-refractivity contribution is 7.09. The standard InChI is InChI=1S/C34H40N8O6S/c1-19(2)28-34-37-26(18-49-34)32(46)39-29(21(4)43)33(47)36-25(15-22-8-6-5-7-9-22)31(45)35-16-23-17-42(41-40-23)12-13-48-27-11-10-20(3)14-24(27)30(44)38-28/h5-11,14,17-19,21,25,28-29,43H,12-13,15-16H2,1-4H3,(H,35,45)(H,36,47)(H,38,44)(H,39,46)/t21-,25-,28+,29+/m1/s1. The van der Waals surface area contributed by atoms with Crippen molar-refractivity contribution in [2.45, 2.75) is 71.4 Å². The normalized spacial score (nSPS) is 20.2. The van der Waals surface area contributed by atoms with Crippen LogP contribution in [0, 0.1) is 12.8 Å². The molecular weight excluding hydrogens is 648 g/mol. The van der Waals surface area contributed by atoms with Crippen molar-refractivity contribution >= 4 is 35.0 Å². The van der Waals surface area contributed by atoms with Gasteiger partial charge in [-0.3, -0.25) is 19.2 Å². The molecule has 0 unspecified atom stereocenters. The summed E-state index contributed by atoms with van der Waals surface area (Å²) in [5.74, 6) is -2.01. The van der Waals surface area contributed by atoms with Gasteiger partial charge in [-0.25, -0.2) is 9.67 Å². The molecule has 1 aliphatic rings. The highest BCUT2D eigenvalue weighted by Crippen LogP contribution is 2.27. The smallest absolute Gasteiger partial charge is 0.271 e. The Morgan fingerprint density at radius 3 is 2.47 bits per heavy atom. The minimum Gasteiger partial charge on any atom is -0.491 e. The molecule has 0 saturated carbocycles. The van der Waals surface area contributed by atoms with E-state index < -0.39 is 42.0 Å². The van der Waals surface area contributed by atoms with Crippen LogP contribution in [0.2, 0.25) is 0 Å². The van der Waals surface area contributed by atoms with Gasteiger partial charge < -0.3 is 31.1 Å². The summed E-state index contributed by atoms with van der Waals surface area (Å²) in [5, 5.41) is 31.9. The van der Waals surface area contributed by atoms with Crippen LogP contribution in [0.4, 0.5) is 0 Å². The lowest BCUT2D eigenvalue weighted by Gasteiger charge is -2.24. The summed E-state index contributed by atoms with van der Waals surface area (Å²) in [6.45, 7) is 7.63. The summed E-state index contributed by atoms with van der Waals surface area (Å²) in [6, 6.07) is 11.5. The first kappa shape index (κ1) is 35.2. The van der Waals surface area contributed by atoms with Crippen molar-refractivity contribution in [1.82, 2.24) is 41.2 Å². The first-order chi connectivity index (χ1) is 23.5. The number of rotatable bonds is 4. The molecule has 49 heavy (non-hydrogen) atoms.